The summed E-state index contributed by atoms with van der Waals surface area (Å²) in [5, 5.41) is 0. The van der Waals surface area contributed by atoms with Crippen molar-refractivity contribution in [2.75, 3.05) is 7.11 Å². The number of carbonyl (C=O) groups is 1. The second kappa shape index (κ2) is 6.43. The molecule has 94 valence electrons. The van der Waals surface area contributed by atoms with E-state index < -0.39 is 0 Å². The highest BCUT2D eigenvalue weighted by Crippen LogP contribution is 2.21. The number of ether oxygens (including phenoxy) is 1. The van der Waals surface area contributed by atoms with E-state index in [1.165, 1.54) is 5.56 Å². The molecule has 0 aliphatic rings. The van der Waals surface area contributed by atoms with Gasteiger partial charge in [-0.1, -0.05) is 26.0 Å². The Hall–Kier alpha value is -1.31. The van der Waals surface area contributed by atoms with Gasteiger partial charge >= 0.3 is 0 Å². The first-order valence-electron chi connectivity index (χ1n) is 6.18. The summed E-state index contributed by atoms with van der Waals surface area (Å²) in [7, 11) is 1.67. The van der Waals surface area contributed by atoms with Crippen LogP contribution in [0.25, 0.3) is 0 Å². The van der Waals surface area contributed by atoms with E-state index in [-0.39, 0.29) is 0 Å². The highest BCUT2D eigenvalue weighted by atomic mass is 16.5. The molecule has 0 aliphatic carbocycles. The van der Waals surface area contributed by atoms with E-state index in [1.807, 2.05) is 13.0 Å². The van der Waals surface area contributed by atoms with Crippen molar-refractivity contribution in [2.45, 2.75) is 40.0 Å². The Morgan fingerprint density at radius 1 is 1.35 bits per heavy atom. The molecule has 0 unspecified atom stereocenters. The lowest BCUT2D eigenvalue weighted by atomic mass is 10.00. The standard InChI is InChI=1S/C15H22O2/c1-11(2)9-14(16)8-7-13-6-5-12(3)10-15(13)17-4/h5-6,10-11H,7-9H2,1-4H3. The van der Waals surface area contributed by atoms with Crippen molar-refractivity contribution in [1.29, 1.82) is 0 Å². The number of benzene rings is 1. The van der Waals surface area contributed by atoms with Gasteiger partial charge in [0.15, 0.2) is 0 Å². The number of aryl methyl sites for hydroxylation is 2. The fourth-order valence-corrected chi connectivity index (χ4v) is 1.89. The van der Waals surface area contributed by atoms with E-state index in [2.05, 4.69) is 26.0 Å². The molecule has 0 atom stereocenters. The molecule has 0 radical (unpaired) electrons. The third-order valence-corrected chi connectivity index (χ3v) is 2.75. The summed E-state index contributed by atoms with van der Waals surface area (Å²) in [4.78, 5) is 11.7. The highest BCUT2D eigenvalue weighted by molar-refractivity contribution is 5.78. The van der Waals surface area contributed by atoms with E-state index >= 15 is 0 Å². The van der Waals surface area contributed by atoms with Crippen LogP contribution in [-0.2, 0) is 11.2 Å². The number of hydrogen-bond acceptors (Lipinski definition) is 2. The molecular formula is C15H22O2. The third-order valence-electron chi connectivity index (χ3n) is 2.75. The van der Waals surface area contributed by atoms with Crippen molar-refractivity contribution in [3.8, 4) is 5.75 Å². The molecular weight excluding hydrogens is 212 g/mol. The first-order valence-corrected chi connectivity index (χ1v) is 6.18. The molecule has 2 heteroatoms. The number of hydrogen-bond donors (Lipinski definition) is 0. The van der Waals surface area contributed by atoms with Crippen LogP contribution in [0.3, 0.4) is 0 Å². The molecule has 0 saturated carbocycles. The molecule has 0 saturated heterocycles. The van der Waals surface area contributed by atoms with Gasteiger partial charge in [-0.3, -0.25) is 4.79 Å². The largest absolute Gasteiger partial charge is 0.496 e. The summed E-state index contributed by atoms with van der Waals surface area (Å²) in [5.74, 6) is 1.67. The SMILES string of the molecule is COc1cc(C)ccc1CCC(=O)CC(C)C. The molecule has 0 fully saturated rings. The minimum Gasteiger partial charge on any atom is -0.496 e. The number of carbonyl (C=O) groups excluding carboxylic acids is 1. The van der Waals surface area contributed by atoms with Crippen LogP contribution in [-0.4, -0.2) is 12.9 Å². The lowest BCUT2D eigenvalue weighted by Gasteiger charge is -2.09. The molecule has 1 aromatic carbocycles. The molecule has 1 aromatic rings. The Kier molecular flexibility index (Phi) is 5.20. The molecule has 0 heterocycles. The van der Waals surface area contributed by atoms with E-state index in [0.717, 1.165) is 17.7 Å². The maximum absolute atomic E-state index is 11.7. The van der Waals surface area contributed by atoms with Crippen LogP contribution < -0.4 is 4.74 Å². The Bertz CT molecular complexity index is 381. The van der Waals surface area contributed by atoms with Crippen LogP contribution in [0.1, 0.15) is 37.8 Å². The zero-order valence-electron chi connectivity index (χ0n) is 11.2. The second-order valence-electron chi connectivity index (χ2n) is 4.95. The van der Waals surface area contributed by atoms with Crippen molar-refractivity contribution in [3.05, 3.63) is 29.3 Å². The number of ketones is 1. The third kappa shape index (κ3) is 4.59. The van der Waals surface area contributed by atoms with E-state index in [0.29, 0.717) is 24.5 Å². The van der Waals surface area contributed by atoms with Crippen molar-refractivity contribution in [1.82, 2.24) is 0 Å². The molecule has 0 aromatic heterocycles. The zero-order chi connectivity index (χ0) is 12.8. The Morgan fingerprint density at radius 2 is 2.06 bits per heavy atom. The highest BCUT2D eigenvalue weighted by Gasteiger charge is 2.08. The average Bonchev–Trinajstić information content (AvgIpc) is 2.26. The summed E-state index contributed by atoms with van der Waals surface area (Å²) >= 11 is 0. The molecule has 0 amide bonds. The predicted octanol–water partition coefficient (Wildman–Crippen LogP) is 3.55. The van der Waals surface area contributed by atoms with Crippen molar-refractivity contribution < 1.29 is 9.53 Å². The lowest BCUT2D eigenvalue weighted by Crippen LogP contribution is -2.05. The second-order valence-corrected chi connectivity index (χ2v) is 4.95. The lowest BCUT2D eigenvalue weighted by molar-refractivity contribution is -0.119. The maximum Gasteiger partial charge on any atom is 0.133 e. The van der Waals surface area contributed by atoms with Crippen LogP contribution in [0.4, 0.5) is 0 Å². The van der Waals surface area contributed by atoms with Crippen molar-refractivity contribution in [3.63, 3.8) is 0 Å². The molecule has 0 spiro atoms. The number of Topliss-reactive ketones (excluding diaryl/α,β-unsaturated/α-hetero) is 1. The quantitative estimate of drug-likeness (QED) is 0.752. The van der Waals surface area contributed by atoms with Crippen LogP contribution in [0, 0.1) is 12.8 Å². The molecule has 0 N–H and O–H groups in total. The molecule has 2 nitrogen and oxygen atoms in total. The van der Waals surface area contributed by atoms with Gasteiger partial charge in [-0.05, 0) is 36.5 Å². The molecule has 17 heavy (non-hydrogen) atoms. The van der Waals surface area contributed by atoms with Crippen molar-refractivity contribution in [2.24, 2.45) is 5.92 Å². The summed E-state index contributed by atoms with van der Waals surface area (Å²) in [6.07, 6.45) is 2.06. The van der Waals surface area contributed by atoms with Gasteiger partial charge in [-0.15, -0.1) is 0 Å². The fourth-order valence-electron chi connectivity index (χ4n) is 1.89. The zero-order valence-corrected chi connectivity index (χ0v) is 11.2. The first kappa shape index (κ1) is 13.8. The monoisotopic (exact) mass is 234 g/mol. The van der Waals surface area contributed by atoms with E-state index in [9.17, 15) is 4.79 Å². The molecule has 0 bridgehead atoms. The minimum absolute atomic E-state index is 0.336. The summed E-state index contributed by atoms with van der Waals surface area (Å²) in [5.41, 5.74) is 2.30. The van der Waals surface area contributed by atoms with E-state index in [1.54, 1.807) is 7.11 Å². The summed E-state index contributed by atoms with van der Waals surface area (Å²) in [6, 6.07) is 6.13. The van der Waals surface area contributed by atoms with Gasteiger partial charge < -0.3 is 4.74 Å². The van der Waals surface area contributed by atoms with Crippen LogP contribution in [0.5, 0.6) is 5.75 Å². The van der Waals surface area contributed by atoms with Gasteiger partial charge in [-0.25, -0.2) is 0 Å². The Morgan fingerprint density at radius 3 is 2.65 bits per heavy atom. The van der Waals surface area contributed by atoms with E-state index in [4.69, 9.17) is 4.74 Å². The predicted molar refractivity (Wildman–Crippen MR) is 70.5 cm³/mol. The normalized spacial score (nSPS) is 10.6. The smallest absolute Gasteiger partial charge is 0.133 e. The van der Waals surface area contributed by atoms with Gasteiger partial charge in [0.05, 0.1) is 7.11 Å². The van der Waals surface area contributed by atoms with Crippen molar-refractivity contribution >= 4 is 5.78 Å². The summed E-state index contributed by atoms with van der Waals surface area (Å²) < 4.78 is 5.33. The van der Waals surface area contributed by atoms with Gasteiger partial charge in [0, 0.05) is 12.8 Å². The van der Waals surface area contributed by atoms with Gasteiger partial charge in [0.2, 0.25) is 0 Å². The van der Waals surface area contributed by atoms with Crippen LogP contribution in [0.15, 0.2) is 18.2 Å². The van der Waals surface area contributed by atoms with Gasteiger partial charge in [0.25, 0.3) is 0 Å². The topological polar surface area (TPSA) is 26.3 Å². The van der Waals surface area contributed by atoms with Gasteiger partial charge in [-0.2, -0.15) is 0 Å². The fraction of sp³-hybridized carbons (Fsp3) is 0.533. The van der Waals surface area contributed by atoms with Gasteiger partial charge in [0.1, 0.15) is 11.5 Å². The number of rotatable bonds is 6. The van der Waals surface area contributed by atoms with Crippen LogP contribution in [0.2, 0.25) is 0 Å². The van der Waals surface area contributed by atoms with Crippen LogP contribution >= 0.6 is 0 Å². The molecule has 1 rings (SSSR count). The minimum atomic E-state index is 0.336. The molecule has 0 aliphatic heterocycles. The summed E-state index contributed by atoms with van der Waals surface area (Å²) in [6.45, 7) is 6.19. The number of methoxy groups -OCH3 is 1. The first-order chi connectivity index (χ1) is 8.02. The average molecular weight is 234 g/mol. The Balaban J connectivity index is 2.60. The maximum atomic E-state index is 11.7. The Labute approximate surface area is 104 Å².